The van der Waals surface area contributed by atoms with Crippen molar-refractivity contribution in [1.29, 1.82) is 0 Å². The van der Waals surface area contributed by atoms with E-state index in [9.17, 15) is 0 Å². The van der Waals surface area contributed by atoms with Gasteiger partial charge in [0.2, 0.25) is 5.95 Å². The molecule has 4 heteroatoms. The van der Waals surface area contributed by atoms with E-state index < -0.39 is 0 Å². The Kier molecular flexibility index (Phi) is 5.14. The number of rotatable bonds is 5. The van der Waals surface area contributed by atoms with Gasteiger partial charge in [0.15, 0.2) is 0 Å². The fourth-order valence-electron chi connectivity index (χ4n) is 2.50. The largest absolute Gasteiger partial charge is 0.341 e. The number of nitrogens with zero attached hydrogens (tertiary/aromatic N) is 3. The van der Waals surface area contributed by atoms with Gasteiger partial charge in [0.1, 0.15) is 0 Å². The Morgan fingerprint density at radius 2 is 2.11 bits per heavy atom. The van der Waals surface area contributed by atoms with Crippen LogP contribution in [0.25, 0.3) is 0 Å². The summed E-state index contributed by atoms with van der Waals surface area (Å²) in [7, 11) is 0. The van der Waals surface area contributed by atoms with Gasteiger partial charge in [-0.15, -0.1) is 0 Å². The maximum absolute atomic E-state index is 4.52. The quantitative estimate of drug-likeness (QED) is 0.885. The Morgan fingerprint density at radius 3 is 2.74 bits per heavy atom. The van der Waals surface area contributed by atoms with Crippen molar-refractivity contribution >= 4 is 5.95 Å². The summed E-state index contributed by atoms with van der Waals surface area (Å²) in [5, 5.41) is 3.38. The van der Waals surface area contributed by atoms with Gasteiger partial charge in [0, 0.05) is 43.6 Å². The first kappa shape index (κ1) is 14.3. The van der Waals surface area contributed by atoms with Gasteiger partial charge in [0.25, 0.3) is 0 Å². The smallest absolute Gasteiger partial charge is 0.225 e. The number of nitrogens with one attached hydrogen (secondary N) is 1. The number of anilines is 1. The van der Waals surface area contributed by atoms with E-state index in [1.54, 1.807) is 0 Å². The summed E-state index contributed by atoms with van der Waals surface area (Å²) in [5.74, 6) is 1.70. The molecule has 0 radical (unpaired) electrons. The molecule has 0 bridgehead atoms. The summed E-state index contributed by atoms with van der Waals surface area (Å²) < 4.78 is 0. The van der Waals surface area contributed by atoms with E-state index in [2.05, 4.69) is 41.0 Å². The molecule has 19 heavy (non-hydrogen) atoms. The molecule has 0 aromatic carbocycles. The zero-order chi connectivity index (χ0) is 13.7. The second kappa shape index (κ2) is 6.85. The molecule has 0 spiro atoms. The molecule has 0 saturated carbocycles. The van der Waals surface area contributed by atoms with Crippen LogP contribution < -0.4 is 10.2 Å². The Bertz CT molecular complexity index is 374. The molecule has 2 rings (SSSR count). The van der Waals surface area contributed by atoms with E-state index in [0.717, 1.165) is 37.1 Å². The normalized spacial score (nSPS) is 20.0. The van der Waals surface area contributed by atoms with E-state index in [1.807, 2.05) is 12.4 Å². The molecule has 1 aliphatic heterocycles. The lowest BCUT2D eigenvalue weighted by Crippen LogP contribution is -2.36. The number of piperidine rings is 1. The van der Waals surface area contributed by atoms with Gasteiger partial charge in [-0.25, -0.2) is 9.97 Å². The van der Waals surface area contributed by atoms with Crippen LogP contribution in [-0.4, -0.2) is 29.1 Å². The lowest BCUT2D eigenvalue weighted by molar-refractivity contribution is 0.401. The van der Waals surface area contributed by atoms with Crippen molar-refractivity contribution in [3.8, 4) is 0 Å². The second-order valence-corrected chi connectivity index (χ2v) is 5.79. The fourth-order valence-corrected chi connectivity index (χ4v) is 2.50. The maximum atomic E-state index is 4.52. The van der Waals surface area contributed by atoms with Crippen LogP contribution in [0, 0.1) is 5.92 Å². The Balaban J connectivity index is 1.93. The van der Waals surface area contributed by atoms with Gasteiger partial charge in [0.05, 0.1) is 0 Å². The third-order valence-corrected chi connectivity index (χ3v) is 3.79. The highest BCUT2D eigenvalue weighted by Gasteiger charge is 2.20. The van der Waals surface area contributed by atoms with E-state index in [1.165, 1.54) is 19.3 Å². The first-order chi connectivity index (χ1) is 9.19. The monoisotopic (exact) mass is 262 g/mol. The lowest BCUT2D eigenvalue weighted by atomic mass is 9.96. The molecular formula is C15H26N4. The first-order valence-corrected chi connectivity index (χ1v) is 7.48. The van der Waals surface area contributed by atoms with Crippen molar-refractivity contribution in [2.24, 2.45) is 5.92 Å². The van der Waals surface area contributed by atoms with Gasteiger partial charge in [-0.2, -0.15) is 0 Å². The second-order valence-electron chi connectivity index (χ2n) is 5.79. The molecule has 1 N–H and O–H groups in total. The summed E-state index contributed by atoms with van der Waals surface area (Å²) in [5.41, 5.74) is 1.15. The molecule has 1 aromatic heterocycles. The van der Waals surface area contributed by atoms with Crippen molar-refractivity contribution in [3.05, 3.63) is 18.0 Å². The molecule has 106 valence electrons. The molecule has 1 aromatic rings. The van der Waals surface area contributed by atoms with E-state index >= 15 is 0 Å². The first-order valence-electron chi connectivity index (χ1n) is 7.48. The van der Waals surface area contributed by atoms with Crippen LogP contribution in [0.1, 0.15) is 45.6 Å². The van der Waals surface area contributed by atoms with Gasteiger partial charge < -0.3 is 10.2 Å². The number of hydrogen-bond acceptors (Lipinski definition) is 4. The van der Waals surface area contributed by atoms with Crippen LogP contribution in [0.4, 0.5) is 5.95 Å². The zero-order valence-electron chi connectivity index (χ0n) is 12.4. The highest BCUT2D eigenvalue weighted by molar-refractivity contribution is 5.30. The minimum atomic E-state index is 0.493. The lowest BCUT2D eigenvalue weighted by Gasteiger charge is -2.32. The highest BCUT2D eigenvalue weighted by Crippen LogP contribution is 2.22. The van der Waals surface area contributed by atoms with Crippen LogP contribution in [0.15, 0.2) is 12.4 Å². The number of aromatic nitrogens is 2. The minimum absolute atomic E-state index is 0.493. The average molecular weight is 262 g/mol. The third-order valence-electron chi connectivity index (χ3n) is 3.79. The SMILES string of the molecule is CCC1CCCN(c2ncc(CNC(C)C)cn2)C1. The molecular weight excluding hydrogens is 236 g/mol. The predicted molar refractivity (Wildman–Crippen MR) is 79.2 cm³/mol. The highest BCUT2D eigenvalue weighted by atomic mass is 15.2. The molecule has 4 nitrogen and oxygen atoms in total. The Hall–Kier alpha value is -1.16. The standard InChI is InChI=1S/C15H26N4/c1-4-13-6-5-7-19(11-13)15-17-9-14(10-18-15)8-16-12(2)3/h9-10,12-13,16H,4-8,11H2,1-3H3. The molecule has 1 fully saturated rings. The van der Waals surface area contributed by atoms with Crippen molar-refractivity contribution < 1.29 is 0 Å². The maximum Gasteiger partial charge on any atom is 0.225 e. The minimum Gasteiger partial charge on any atom is -0.341 e. The molecule has 1 saturated heterocycles. The van der Waals surface area contributed by atoms with Crippen molar-refractivity contribution in [2.75, 3.05) is 18.0 Å². The Morgan fingerprint density at radius 1 is 1.37 bits per heavy atom. The van der Waals surface area contributed by atoms with E-state index in [-0.39, 0.29) is 0 Å². The fraction of sp³-hybridized carbons (Fsp3) is 0.733. The van der Waals surface area contributed by atoms with E-state index in [4.69, 9.17) is 0 Å². The molecule has 0 amide bonds. The topological polar surface area (TPSA) is 41.1 Å². The van der Waals surface area contributed by atoms with Crippen LogP contribution in [0.3, 0.4) is 0 Å². The summed E-state index contributed by atoms with van der Waals surface area (Å²) >= 11 is 0. The van der Waals surface area contributed by atoms with Crippen molar-refractivity contribution in [3.63, 3.8) is 0 Å². The van der Waals surface area contributed by atoms with Gasteiger partial charge in [-0.3, -0.25) is 0 Å². The van der Waals surface area contributed by atoms with Crippen molar-refractivity contribution in [2.45, 2.75) is 52.6 Å². The summed E-state index contributed by atoms with van der Waals surface area (Å²) in [6.07, 6.45) is 7.77. The molecule has 0 aliphatic carbocycles. The van der Waals surface area contributed by atoms with Crippen LogP contribution in [-0.2, 0) is 6.54 Å². The molecule has 2 heterocycles. The number of hydrogen-bond donors (Lipinski definition) is 1. The average Bonchev–Trinajstić information content (AvgIpc) is 2.45. The summed E-state index contributed by atoms with van der Waals surface area (Å²) in [6, 6.07) is 0.493. The van der Waals surface area contributed by atoms with Crippen molar-refractivity contribution in [1.82, 2.24) is 15.3 Å². The van der Waals surface area contributed by atoms with Gasteiger partial charge in [-0.05, 0) is 18.8 Å². The predicted octanol–water partition coefficient (Wildman–Crippen LogP) is 2.60. The van der Waals surface area contributed by atoms with Gasteiger partial charge >= 0.3 is 0 Å². The summed E-state index contributed by atoms with van der Waals surface area (Å²) in [4.78, 5) is 11.4. The third kappa shape index (κ3) is 4.16. The van der Waals surface area contributed by atoms with E-state index in [0.29, 0.717) is 6.04 Å². The molecule has 1 aliphatic rings. The van der Waals surface area contributed by atoms with Crippen LogP contribution in [0.5, 0.6) is 0 Å². The molecule has 1 atom stereocenters. The summed E-state index contributed by atoms with van der Waals surface area (Å²) in [6.45, 7) is 9.62. The zero-order valence-corrected chi connectivity index (χ0v) is 12.4. The van der Waals surface area contributed by atoms with Gasteiger partial charge in [-0.1, -0.05) is 27.2 Å². The molecule has 1 unspecified atom stereocenters. The van der Waals surface area contributed by atoms with Crippen LogP contribution >= 0.6 is 0 Å². The van der Waals surface area contributed by atoms with Crippen LogP contribution in [0.2, 0.25) is 0 Å². The Labute approximate surface area is 116 Å².